The number of ether oxygens (including phenoxy) is 1. The van der Waals surface area contributed by atoms with Crippen molar-refractivity contribution in [3.8, 4) is 5.75 Å². The molecule has 0 fully saturated rings. The Morgan fingerprint density at radius 2 is 1.76 bits per heavy atom. The van der Waals surface area contributed by atoms with E-state index in [9.17, 15) is 0 Å². The molecular weight excluding hydrogens is 400 g/mol. The molecule has 0 aliphatic carbocycles. The van der Waals surface area contributed by atoms with Crippen molar-refractivity contribution < 1.29 is 4.74 Å². The third kappa shape index (κ3) is 5.08. The first kappa shape index (κ1) is 17.5. The summed E-state index contributed by atoms with van der Waals surface area (Å²) in [6.07, 6.45) is 1.76. The normalized spacial score (nSPS) is 10.8. The van der Waals surface area contributed by atoms with Gasteiger partial charge in [0, 0.05) is 10.6 Å². The van der Waals surface area contributed by atoms with Gasteiger partial charge in [0.2, 0.25) is 0 Å². The molecule has 3 rings (SSSR count). The number of hydrogen-bond donors (Lipinski definition) is 1. The number of rotatable bonds is 6. The van der Waals surface area contributed by atoms with Gasteiger partial charge in [-0.15, -0.1) is 0 Å². The van der Waals surface area contributed by atoms with Crippen molar-refractivity contribution in [2.45, 2.75) is 6.61 Å². The summed E-state index contributed by atoms with van der Waals surface area (Å²) in [6.45, 7) is 0.418. The van der Waals surface area contributed by atoms with Crippen LogP contribution in [0.2, 0.25) is 5.02 Å². The first-order valence-corrected chi connectivity index (χ1v) is 8.89. The van der Waals surface area contributed by atoms with Gasteiger partial charge in [-0.2, -0.15) is 5.10 Å². The van der Waals surface area contributed by atoms with Gasteiger partial charge in [-0.25, -0.2) is 0 Å². The molecule has 3 aromatic rings. The third-order valence-corrected chi connectivity index (χ3v) is 4.47. The summed E-state index contributed by atoms with van der Waals surface area (Å²) >= 11 is 9.68. The van der Waals surface area contributed by atoms with Gasteiger partial charge in [0.15, 0.2) is 0 Å². The van der Waals surface area contributed by atoms with Gasteiger partial charge in [-0.3, -0.25) is 5.43 Å². The fourth-order valence-electron chi connectivity index (χ4n) is 2.18. The lowest BCUT2D eigenvalue weighted by Gasteiger charge is -2.10. The molecule has 3 aromatic carbocycles. The number of anilines is 1. The summed E-state index contributed by atoms with van der Waals surface area (Å²) in [5.41, 5.74) is 5.84. The zero-order valence-corrected chi connectivity index (χ0v) is 15.7. The first-order chi connectivity index (χ1) is 12.2. The van der Waals surface area contributed by atoms with Crippen molar-refractivity contribution >= 4 is 39.4 Å². The lowest BCUT2D eigenvalue weighted by molar-refractivity contribution is 0.304. The van der Waals surface area contributed by atoms with Crippen molar-refractivity contribution in [2.75, 3.05) is 5.43 Å². The van der Waals surface area contributed by atoms with Crippen LogP contribution in [0.5, 0.6) is 5.75 Å². The summed E-state index contributed by atoms with van der Waals surface area (Å²) in [4.78, 5) is 0. The number of hydrogen-bond acceptors (Lipinski definition) is 3. The van der Waals surface area contributed by atoms with Gasteiger partial charge in [-0.1, -0.05) is 48.0 Å². The maximum Gasteiger partial charge on any atom is 0.134 e. The van der Waals surface area contributed by atoms with Crippen LogP contribution in [0, 0.1) is 0 Å². The largest absolute Gasteiger partial charge is 0.488 e. The van der Waals surface area contributed by atoms with E-state index in [-0.39, 0.29) is 0 Å². The van der Waals surface area contributed by atoms with Gasteiger partial charge >= 0.3 is 0 Å². The number of benzene rings is 3. The lowest BCUT2D eigenvalue weighted by atomic mass is 10.2. The molecular formula is C20H16BrClN2O. The van der Waals surface area contributed by atoms with E-state index in [0.717, 1.165) is 27.0 Å². The molecule has 3 nitrogen and oxygen atoms in total. The predicted octanol–water partition coefficient (Wildman–Crippen LogP) is 6.13. The van der Waals surface area contributed by atoms with Crippen LogP contribution in [0.1, 0.15) is 11.1 Å². The van der Waals surface area contributed by atoms with E-state index in [0.29, 0.717) is 11.6 Å². The van der Waals surface area contributed by atoms with E-state index >= 15 is 0 Å². The summed E-state index contributed by atoms with van der Waals surface area (Å²) in [5, 5.41) is 4.94. The smallest absolute Gasteiger partial charge is 0.134 e. The molecule has 0 amide bonds. The van der Waals surface area contributed by atoms with Gasteiger partial charge in [0.1, 0.15) is 12.4 Å². The first-order valence-electron chi connectivity index (χ1n) is 7.72. The Morgan fingerprint density at radius 1 is 1.00 bits per heavy atom. The molecule has 0 aromatic heterocycles. The fourth-order valence-corrected chi connectivity index (χ4v) is 2.88. The standard InChI is InChI=1S/C20H16BrClN2O/c21-18-12-15(13-23-24-17-7-2-1-3-8-17)10-11-20(18)25-14-16-6-4-5-9-19(16)22/h1-13,24H,14H2/b23-13-. The summed E-state index contributed by atoms with van der Waals surface area (Å²) in [6, 6.07) is 23.3. The summed E-state index contributed by atoms with van der Waals surface area (Å²) in [5.74, 6) is 0.757. The Labute approximate surface area is 160 Å². The van der Waals surface area contributed by atoms with E-state index in [2.05, 4.69) is 26.5 Å². The number of halogens is 2. The minimum atomic E-state index is 0.418. The quantitative estimate of drug-likeness (QED) is 0.388. The van der Waals surface area contributed by atoms with Crippen molar-refractivity contribution in [2.24, 2.45) is 5.10 Å². The van der Waals surface area contributed by atoms with Crippen molar-refractivity contribution in [1.29, 1.82) is 0 Å². The van der Waals surface area contributed by atoms with E-state index in [1.807, 2.05) is 72.8 Å². The molecule has 25 heavy (non-hydrogen) atoms. The average Bonchev–Trinajstić information content (AvgIpc) is 2.63. The second-order valence-electron chi connectivity index (χ2n) is 5.31. The molecule has 0 bridgehead atoms. The molecule has 0 spiro atoms. The van der Waals surface area contributed by atoms with Crippen molar-refractivity contribution in [3.63, 3.8) is 0 Å². The molecule has 0 radical (unpaired) electrons. The van der Waals surface area contributed by atoms with Crippen LogP contribution in [0.3, 0.4) is 0 Å². The molecule has 0 unspecified atom stereocenters. The number of nitrogens with zero attached hydrogens (tertiary/aromatic N) is 1. The van der Waals surface area contributed by atoms with Gasteiger partial charge in [0.05, 0.1) is 16.4 Å². The fraction of sp³-hybridized carbons (Fsp3) is 0.0500. The highest BCUT2D eigenvalue weighted by atomic mass is 79.9. The number of nitrogens with one attached hydrogen (secondary N) is 1. The maximum atomic E-state index is 6.15. The zero-order chi connectivity index (χ0) is 17.5. The number of hydrazone groups is 1. The van der Waals surface area contributed by atoms with Crippen LogP contribution in [0.25, 0.3) is 0 Å². The highest BCUT2D eigenvalue weighted by Crippen LogP contribution is 2.27. The summed E-state index contributed by atoms with van der Waals surface area (Å²) < 4.78 is 6.71. The highest BCUT2D eigenvalue weighted by molar-refractivity contribution is 9.10. The van der Waals surface area contributed by atoms with Gasteiger partial charge in [0.25, 0.3) is 0 Å². The van der Waals surface area contributed by atoms with Crippen LogP contribution in [0.4, 0.5) is 5.69 Å². The maximum absolute atomic E-state index is 6.15. The van der Waals surface area contributed by atoms with Crippen molar-refractivity contribution in [3.05, 3.63) is 93.4 Å². The second kappa shape index (κ2) is 8.70. The van der Waals surface area contributed by atoms with E-state index in [4.69, 9.17) is 16.3 Å². The van der Waals surface area contributed by atoms with Crippen LogP contribution < -0.4 is 10.2 Å². The second-order valence-corrected chi connectivity index (χ2v) is 6.57. The third-order valence-electron chi connectivity index (χ3n) is 3.48. The molecule has 1 N–H and O–H groups in total. The molecule has 126 valence electrons. The van der Waals surface area contributed by atoms with Crippen LogP contribution in [-0.2, 0) is 6.61 Å². The Morgan fingerprint density at radius 3 is 2.52 bits per heavy atom. The topological polar surface area (TPSA) is 33.6 Å². The van der Waals surface area contributed by atoms with E-state index in [1.165, 1.54) is 0 Å². The molecule has 0 heterocycles. The Bertz CT molecular complexity index is 869. The monoisotopic (exact) mass is 414 g/mol. The van der Waals surface area contributed by atoms with E-state index < -0.39 is 0 Å². The highest BCUT2D eigenvalue weighted by Gasteiger charge is 2.04. The Kier molecular flexibility index (Phi) is 6.09. The number of para-hydroxylation sites is 1. The van der Waals surface area contributed by atoms with E-state index in [1.54, 1.807) is 6.21 Å². The SMILES string of the molecule is Clc1ccccc1COc1ccc(/C=N\Nc2ccccc2)cc1Br. The van der Waals surface area contributed by atoms with Gasteiger partial charge < -0.3 is 4.74 Å². The Hall–Kier alpha value is -2.30. The Balaban J connectivity index is 1.61. The molecule has 0 saturated heterocycles. The molecule has 0 atom stereocenters. The van der Waals surface area contributed by atoms with Crippen LogP contribution in [-0.4, -0.2) is 6.21 Å². The van der Waals surface area contributed by atoms with Crippen LogP contribution in [0.15, 0.2) is 82.4 Å². The lowest BCUT2D eigenvalue weighted by Crippen LogP contribution is -1.97. The molecule has 0 saturated carbocycles. The van der Waals surface area contributed by atoms with Gasteiger partial charge in [-0.05, 0) is 57.9 Å². The zero-order valence-electron chi connectivity index (χ0n) is 13.3. The van der Waals surface area contributed by atoms with Crippen LogP contribution >= 0.6 is 27.5 Å². The minimum absolute atomic E-state index is 0.418. The molecule has 0 aliphatic heterocycles. The van der Waals surface area contributed by atoms with Crippen molar-refractivity contribution in [1.82, 2.24) is 0 Å². The average molecular weight is 416 g/mol. The summed E-state index contributed by atoms with van der Waals surface area (Å²) in [7, 11) is 0. The minimum Gasteiger partial charge on any atom is -0.488 e. The molecule has 0 aliphatic rings. The predicted molar refractivity (Wildman–Crippen MR) is 108 cm³/mol. The molecule has 5 heteroatoms.